The Kier molecular flexibility index (Phi) is 8.13. The molecule has 0 spiro atoms. The highest BCUT2D eigenvalue weighted by molar-refractivity contribution is 6.31. The summed E-state index contributed by atoms with van der Waals surface area (Å²) < 4.78 is 0. The summed E-state index contributed by atoms with van der Waals surface area (Å²) in [7, 11) is 0. The third kappa shape index (κ3) is 6.13. The Morgan fingerprint density at radius 3 is 2.15 bits per heavy atom. The maximum absolute atomic E-state index is 12.7. The summed E-state index contributed by atoms with van der Waals surface area (Å²) >= 11 is 0. The second-order valence-electron chi connectivity index (χ2n) is 9.29. The van der Waals surface area contributed by atoms with Gasteiger partial charge in [0, 0.05) is 19.0 Å². The highest BCUT2D eigenvalue weighted by Gasteiger charge is 2.30. The van der Waals surface area contributed by atoms with Gasteiger partial charge in [0.2, 0.25) is 0 Å². The lowest BCUT2D eigenvalue weighted by Crippen LogP contribution is -2.42. The number of amides is 1. The van der Waals surface area contributed by atoms with Gasteiger partial charge in [-0.15, -0.1) is 0 Å². The molecule has 0 aromatic heterocycles. The number of carboxylic acid groups (broad SMARTS) is 1. The minimum absolute atomic E-state index is 0.114. The topological polar surface area (TPSA) is 57.6 Å². The maximum atomic E-state index is 12.7. The summed E-state index contributed by atoms with van der Waals surface area (Å²) in [6.07, 6.45) is 6.51. The van der Waals surface area contributed by atoms with Crippen molar-refractivity contribution in [3.05, 3.63) is 96.1 Å². The molecule has 1 amide bonds. The summed E-state index contributed by atoms with van der Waals surface area (Å²) in [5, 5.41) is 9.54. The third-order valence-corrected chi connectivity index (χ3v) is 7.04. The first-order chi connectivity index (χ1) is 16.6. The molecule has 4 rings (SSSR count). The van der Waals surface area contributed by atoms with Crippen LogP contribution in [-0.4, -0.2) is 35.0 Å². The molecule has 0 radical (unpaired) electrons. The van der Waals surface area contributed by atoms with Crippen molar-refractivity contribution in [2.75, 3.05) is 13.1 Å². The van der Waals surface area contributed by atoms with Gasteiger partial charge in [-0.3, -0.25) is 4.79 Å². The molecule has 176 valence electrons. The number of aliphatic carboxylic acids is 1. The second kappa shape index (κ2) is 11.6. The highest BCUT2D eigenvalue weighted by Crippen LogP contribution is 2.38. The summed E-state index contributed by atoms with van der Waals surface area (Å²) in [4.78, 5) is 26.0. The van der Waals surface area contributed by atoms with Gasteiger partial charge in [-0.25, -0.2) is 4.79 Å². The quantitative estimate of drug-likeness (QED) is 0.413. The molecule has 1 saturated carbocycles. The van der Waals surface area contributed by atoms with Gasteiger partial charge in [-0.2, -0.15) is 0 Å². The highest BCUT2D eigenvalue weighted by atomic mass is 16.4. The molecule has 0 heterocycles. The molecule has 0 aliphatic heterocycles. The van der Waals surface area contributed by atoms with E-state index in [0.717, 1.165) is 29.5 Å². The monoisotopic (exact) mass is 455 g/mol. The maximum Gasteiger partial charge on any atom is 0.394 e. The van der Waals surface area contributed by atoms with Crippen molar-refractivity contribution in [3.63, 3.8) is 0 Å². The van der Waals surface area contributed by atoms with Crippen LogP contribution in [0.4, 0.5) is 0 Å². The summed E-state index contributed by atoms with van der Waals surface area (Å²) in [5.41, 5.74) is 4.61. The molecule has 1 N–H and O–H groups in total. The van der Waals surface area contributed by atoms with Crippen molar-refractivity contribution in [3.8, 4) is 11.1 Å². The number of benzene rings is 3. The number of carbonyl (C=O) groups excluding carboxylic acids is 1. The van der Waals surface area contributed by atoms with Crippen molar-refractivity contribution < 1.29 is 14.7 Å². The molecule has 0 bridgehead atoms. The van der Waals surface area contributed by atoms with E-state index in [4.69, 9.17) is 0 Å². The summed E-state index contributed by atoms with van der Waals surface area (Å²) in [5.74, 6) is -1.63. The van der Waals surface area contributed by atoms with Gasteiger partial charge in [0.05, 0.1) is 0 Å². The first-order valence-electron chi connectivity index (χ1n) is 12.3. The van der Waals surface area contributed by atoms with Crippen molar-refractivity contribution in [1.82, 2.24) is 4.90 Å². The molecule has 1 aliphatic rings. The van der Waals surface area contributed by atoms with Gasteiger partial charge in [0.1, 0.15) is 0 Å². The fourth-order valence-electron chi connectivity index (χ4n) is 5.20. The average molecular weight is 456 g/mol. The zero-order valence-corrected chi connectivity index (χ0v) is 19.6. The summed E-state index contributed by atoms with van der Waals surface area (Å²) in [6.45, 7) is 0.831. The molecule has 0 saturated heterocycles. The smallest absolute Gasteiger partial charge is 0.394 e. The predicted octanol–water partition coefficient (Wildman–Crippen LogP) is 6.17. The lowest BCUT2D eigenvalue weighted by molar-refractivity contribution is -0.156. The molecule has 4 nitrogen and oxygen atoms in total. The third-order valence-electron chi connectivity index (χ3n) is 7.04. The molecular formula is C30H33NO3. The molecular weight excluding hydrogens is 422 g/mol. The van der Waals surface area contributed by atoms with Crippen LogP contribution in [0.15, 0.2) is 84.9 Å². The Balaban J connectivity index is 1.62. The zero-order valence-electron chi connectivity index (χ0n) is 19.6. The van der Waals surface area contributed by atoms with Gasteiger partial charge in [-0.05, 0) is 47.4 Å². The molecule has 1 atom stereocenters. The minimum Gasteiger partial charge on any atom is -0.474 e. The number of hydrogen-bond donors (Lipinski definition) is 1. The van der Waals surface area contributed by atoms with Gasteiger partial charge < -0.3 is 10.0 Å². The van der Waals surface area contributed by atoms with Crippen LogP contribution in [0.3, 0.4) is 0 Å². The zero-order chi connectivity index (χ0) is 23.8. The van der Waals surface area contributed by atoms with Crippen LogP contribution in [0.2, 0.25) is 0 Å². The normalized spacial score (nSPS) is 14.9. The van der Waals surface area contributed by atoms with Crippen LogP contribution in [0.25, 0.3) is 11.1 Å². The van der Waals surface area contributed by atoms with Crippen LogP contribution in [-0.2, 0) is 16.0 Å². The Hall–Kier alpha value is -3.40. The SMILES string of the molecule is O=C(O)C(=O)N(CCc1ccccc1)CC(c1cccc(-c2ccccc2)c1)C1CCCCC1. The van der Waals surface area contributed by atoms with Crippen LogP contribution in [0, 0.1) is 5.92 Å². The van der Waals surface area contributed by atoms with E-state index in [0.29, 0.717) is 25.4 Å². The number of hydrogen-bond acceptors (Lipinski definition) is 2. The van der Waals surface area contributed by atoms with Crippen LogP contribution < -0.4 is 0 Å². The first-order valence-corrected chi connectivity index (χ1v) is 12.3. The molecule has 34 heavy (non-hydrogen) atoms. The van der Waals surface area contributed by atoms with E-state index < -0.39 is 11.9 Å². The van der Waals surface area contributed by atoms with Crippen LogP contribution in [0.5, 0.6) is 0 Å². The number of rotatable bonds is 8. The van der Waals surface area contributed by atoms with Gasteiger partial charge in [0.15, 0.2) is 0 Å². The van der Waals surface area contributed by atoms with E-state index in [-0.39, 0.29) is 5.92 Å². The van der Waals surface area contributed by atoms with Crippen molar-refractivity contribution >= 4 is 11.9 Å². The van der Waals surface area contributed by atoms with Gasteiger partial charge in [0.25, 0.3) is 0 Å². The Bertz CT molecular complexity index is 1070. The number of carbonyl (C=O) groups is 2. The standard InChI is InChI=1S/C30H33NO3/c32-29(30(33)34)31(20-19-23-11-4-1-5-12-23)22-28(25-15-8-3-9-16-25)27-18-10-17-26(21-27)24-13-6-2-7-14-24/h1-2,4-7,10-14,17-18,21,25,28H,3,8-9,15-16,19-20,22H2,(H,33,34). The average Bonchev–Trinajstić information content (AvgIpc) is 2.90. The van der Waals surface area contributed by atoms with Gasteiger partial charge >= 0.3 is 11.9 Å². The Morgan fingerprint density at radius 2 is 1.47 bits per heavy atom. The lowest BCUT2D eigenvalue weighted by atomic mass is 9.76. The second-order valence-corrected chi connectivity index (χ2v) is 9.29. The van der Waals surface area contributed by atoms with E-state index in [2.05, 4.69) is 36.4 Å². The largest absolute Gasteiger partial charge is 0.474 e. The fourth-order valence-corrected chi connectivity index (χ4v) is 5.20. The summed E-state index contributed by atoms with van der Waals surface area (Å²) in [6, 6.07) is 28.8. The molecule has 1 unspecified atom stereocenters. The number of nitrogens with zero attached hydrogens (tertiary/aromatic N) is 1. The molecule has 3 aromatic rings. The van der Waals surface area contributed by atoms with Crippen LogP contribution >= 0.6 is 0 Å². The van der Waals surface area contributed by atoms with Gasteiger partial charge in [-0.1, -0.05) is 104 Å². The first kappa shape index (κ1) is 23.7. The minimum atomic E-state index is -1.38. The van der Waals surface area contributed by atoms with Crippen molar-refractivity contribution in [2.24, 2.45) is 5.92 Å². The van der Waals surface area contributed by atoms with E-state index in [1.165, 1.54) is 24.8 Å². The van der Waals surface area contributed by atoms with Crippen LogP contribution in [0.1, 0.15) is 49.1 Å². The molecule has 3 aromatic carbocycles. The van der Waals surface area contributed by atoms with E-state index >= 15 is 0 Å². The number of carboxylic acids is 1. The van der Waals surface area contributed by atoms with Crippen molar-refractivity contribution in [2.45, 2.75) is 44.4 Å². The van der Waals surface area contributed by atoms with E-state index in [1.807, 2.05) is 48.5 Å². The molecule has 4 heteroatoms. The fraction of sp³-hybridized carbons (Fsp3) is 0.333. The Morgan fingerprint density at radius 1 is 0.824 bits per heavy atom. The molecule has 1 aliphatic carbocycles. The van der Waals surface area contributed by atoms with E-state index in [9.17, 15) is 14.7 Å². The lowest BCUT2D eigenvalue weighted by Gasteiger charge is -2.34. The van der Waals surface area contributed by atoms with E-state index in [1.54, 1.807) is 4.90 Å². The van der Waals surface area contributed by atoms with Crippen molar-refractivity contribution in [1.29, 1.82) is 0 Å². The predicted molar refractivity (Wildman–Crippen MR) is 136 cm³/mol. The molecule has 1 fully saturated rings. The Labute approximate surface area is 202 Å².